The van der Waals surface area contributed by atoms with Crippen molar-refractivity contribution in [1.82, 2.24) is 5.32 Å². The maximum atomic E-state index is 10.9. The van der Waals surface area contributed by atoms with Gasteiger partial charge in [0.2, 0.25) is 0 Å². The molecule has 2 N–H and O–H groups in total. The molecule has 0 bridgehead atoms. The molecule has 0 fully saturated rings. The zero-order valence-electron chi connectivity index (χ0n) is 9.44. The van der Waals surface area contributed by atoms with Crippen molar-refractivity contribution in [2.24, 2.45) is 0 Å². The number of hydrogen-bond acceptors (Lipinski definition) is 6. The van der Waals surface area contributed by atoms with E-state index in [4.69, 9.17) is 5.11 Å². The summed E-state index contributed by atoms with van der Waals surface area (Å²) in [6.45, 7) is 2.69. The second-order valence-electron chi connectivity index (χ2n) is 2.63. The first-order chi connectivity index (χ1) is 7.81. The Morgan fingerprint density at radius 3 is 2.75 bits per heavy atom. The van der Waals surface area contributed by atoms with E-state index in [2.05, 4.69) is 17.0 Å². The van der Waals surface area contributed by atoms with Gasteiger partial charge in [0.25, 0.3) is 0 Å². The van der Waals surface area contributed by atoms with Crippen molar-refractivity contribution in [3.05, 3.63) is 0 Å². The summed E-state index contributed by atoms with van der Waals surface area (Å²) in [6, 6.07) is 0. The maximum absolute atomic E-state index is 10.9. The highest BCUT2D eigenvalue weighted by molar-refractivity contribution is 8.22. The second-order valence-corrected chi connectivity index (χ2v) is 6.72. The molecule has 0 aliphatic carbocycles. The average Bonchev–Trinajstić information content (AvgIpc) is 2.30. The van der Waals surface area contributed by atoms with Gasteiger partial charge in [0.1, 0.15) is 6.61 Å². The number of thioether (sulfide) groups is 3. The topological polar surface area (TPSA) is 58.6 Å². The van der Waals surface area contributed by atoms with Crippen molar-refractivity contribution in [2.45, 2.75) is 6.92 Å². The fraction of sp³-hybridized carbons (Fsp3) is 0.889. The molecule has 0 atom stereocenters. The molecule has 96 valence electrons. The van der Waals surface area contributed by atoms with Gasteiger partial charge >= 0.3 is 6.09 Å². The van der Waals surface area contributed by atoms with Crippen molar-refractivity contribution in [3.63, 3.8) is 0 Å². The Morgan fingerprint density at radius 1 is 1.31 bits per heavy atom. The van der Waals surface area contributed by atoms with Crippen molar-refractivity contribution in [3.8, 4) is 0 Å². The molecule has 16 heavy (non-hydrogen) atoms. The third-order valence-electron chi connectivity index (χ3n) is 1.38. The molecule has 1 amide bonds. The van der Waals surface area contributed by atoms with E-state index >= 15 is 0 Å². The number of amides is 1. The third-order valence-corrected chi connectivity index (χ3v) is 4.95. The number of aliphatic hydroxyl groups is 1. The first-order valence-corrected chi connectivity index (χ1v) is 8.52. The molecule has 4 nitrogen and oxygen atoms in total. The van der Waals surface area contributed by atoms with Crippen LogP contribution in [-0.2, 0) is 4.74 Å². The lowest BCUT2D eigenvalue weighted by atomic mass is 10.7. The van der Waals surface area contributed by atoms with E-state index < -0.39 is 6.09 Å². The van der Waals surface area contributed by atoms with Crippen LogP contribution in [0.1, 0.15) is 6.92 Å². The van der Waals surface area contributed by atoms with Gasteiger partial charge in [0.15, 0.2) is 0 Å². The first-order valence-electron chi connectivity index (χ1n) is 5.06. The van der Waals surface area contributed by atoms with Gasteiger partial charge in [-0.1, -0.05) is 6.92 Å². The molecule has 0 aromatic rings. The highest BCUT2D eigenvalue weighted by Crippen LogP contribution is 2.16. The second kappa shape index (κ2) is 13.3. The Bertz CT molecular complexity index is 172. The zero-order valence-corrected chi connectivity index (χ0v) is 11.9. The number of nitrogens with one attached hydrogen (secondary N) is 1. The number of hydrogen-bond donors (Lipinski definition) is 2. The Labute approximate surface area is 110 Å². The highest BCUT2D eigenvalue weighted by Gasteiger charge is 1.99. The minimum Gasteiger partial charge on any atom is -0.447 e. The van der Waals surface area contributed by atoms with Crippen LogP contribution in [-0.4, -0.2) is 52.6 Å². The van der Waals surface area contributed by atoms with Gasteiger partial charge in [-0.25, -0.2) is 4.79 Å². The van der Waals surface area contributed by atoms with Crippen LogP contribution in [0, 0.1) is 0 Å². The fourth-order valence-corrected chi connectivity index (χ4v) is 3.92. The smallest absolute Gasteiger partial charge is 0.407 e. The predicted octanol–water partition coefficient (Wildman–Crippen LogP) is 1.84. The molecular weight excluding hydrogens is 266 g/mol. The first kappa shape index (κ1) is 16.3. The van der Waals surface area contributed by atoms with E-state index in [1.165, 1.54) is 0 Å². The Balaban J connectivity index is 3.05. The van der Waals surface area contributed by atoms with Crippen LogP contribution in [0.3, 0.4) is 0 Å². The molecule has 0 saturated heterocycles. The average molecular weight is 285 g/mol. The number of rotatable bonds is 10. The monoisotopic (exact) mass is 285 g/mol. The lowest BCUT2D eigenvalue weighted by Gasteiger charge is -2.05. The number of carbonyl (C=O) groups excluding carboxylic acids is 1. The normalized spacial score (nSPS) is 10.1. The molecule has 0 aliphatic rings. The van der Waals surface area contributed by atoms with Gasteiger partial charge < -0.3 is 15.2 Å². The molecule has 0 radical (unpaired) electrons. The SMILES string of the molecule is CCSCSCSCCNC(=O)OCCO. The fourth-order valence-electron chi connectivity index (χ4n) is 0.709. The van der Waals surface area contributed by atoms with Gasteiger partial charge in [-0.05, 0) is 5.75 Å². The summed E-state index contributed by atoms with van der Waals surface area (Å²) in [7, 11) is 0. The predicted molar refractivity (Wildman–Crippen MR) is 74.4 cm³/mol. The van der Waals surface area contributed by atoms with E-state index in [0.717, 1.165) is 21.7 Å². The number of alkyl carbamates (subject to hydrolysis) is 1. The van der Waals surface area contributed by atoms with Crippen LogP contribution in [0.25, 0.3) is 0 Å². The molecular formula is C9H19NO3S3. The zero-order chi connectivity index (χ0) is 12.1. The summed E-state index contributed by atoms with van der Waals surface area (Å²) in [5.74, 6) is 2.05. The van der Waals surface area contributed by atoms with Crippen molar-refractivity contribution >= 4 is 41.4 Å². The largest absolute Gasteiger partial charge is 0.447 e. The Hall–Kier alpha value is 0.280. The van der Waals surface area contributed by atoms with Crippen LogP contribution in [0.5, 0.6) is 0 Å². The molecule has 0 unspecified atom stereocenters. The molecule has 0 spiro atoms. The van der Waals surface area contributed by atoms with Crippen molar-refractivity contribution in [1.29, 1.82) is 0 Å². The summed E-state index contributed by atoms with van der Waals surface area (Å²) < 4.78 is 4.63. The number of carbonyl (C=O) groups is 1. The summed E-state index contributed by atoms with van der Waals surface area (Å²) in [4.78, 5) is 10.9. The van der Waals surface area contributed by atoms with E-state index in [-0.39, 0.29) is 13.2 Å². The van der Waals surface area contributed by atoms with Crippen LogP contribution in [0.2, 0.25) is 0 Å². The summed E-state index contributed by atoms with van der Waals surface area (Å²) in [6.07, 6.45) is -0.455. The number of ether oxygens (including phenoxy) is 1. The van der Waals surface area contributed by atoms with E-state index in [9.17, 15) is 4.79 Å². The quantitative estimate of drug-likeness (QED) is 0.472. The minimum atomic E-state index is -0.455. The molecule has 0 aliphatic heterocycles. The third kappa shape index (κ3) is 12.4. The highest BCUT2D eigenvalue weighted by atomic mass is 32.2. The Kier molecular flexibility index (Phi) is 13.6. The molecule has 0 aromatic carbocycles. The van der Waals surface area contributed by atoms with Crippen LogP contribution in [0.15, 0.2) is 0 Å². The van der Waals surface area contributed by atoms with Crippen molar-refractivity contribution in [2.75, 3.05) is 41.4 Å². The van der Waals surface area contributed by atoms with E-state index in [0.29, 0.717) is 6.54 Å². The van der Waals surface area contributed by atoms with Crippen LogP contribution >= 0.6 is 35.3 Å². The molecule has 0 heterocycles. The van der Waals surface area contributed by atoms with Gasteiger partial charge in [-0.15, -0.1) is 23.5 Å². The standard InChI is InChI=1S/C9H19NO3S3/c1-2-14-7-16-8-15-6-3-10-9(12)13-5-4-11/h11H,2-8H2,1H3,(H,10,12). The molecule has 0 aromatic heterocycles. The lowest BCUT2D eigenvalue weighted by molar-refractivity contribution is 0.119. The van der Waals surface area contributed by atoms with Gasteiger partial charge in [0, 0.05) is 22.5 Å². The van der Waals surface area contributed by atoms with E-state index in [1.807, 2.05) is 23.5 Å². The van der Waals surface area contributed by atoms with Gasteiger partial charge in [-0.2, -0.15) is 11.8 Å². The van der Waals surface area contributed by atoms with Crippen LogP contribution < -0.4 is 5.32 Å². The maximum Gasteiger partial charge on any atom is 0.407 e. The molecule has 7 heteroatoms. The van der Waals surface area contributed by atoms with Gasteiger partial charge in [-0.3, -0.25) is 0 Å². The van der Waals surface area contributed by atoms with E-state index in [1.54, 1.807) is 11.8 Å². The minimum absolute atomic E-state index is 0.0586. The lowest BCUT2D eigenvalue weighted by Crippen LogP contribution is -2.27. The molecule has 0 saturated carbocycles. The number of aliphatic hydroxyl groups excluding tert-OH is 1. The molecule has 0 rings (SSSR count). The van der Waals surface area contributed by atoms with Crippen molar-refractivity contribution < 1.29 is 14.6 Å². The summed E-state index contributed by atoms with van der Waals surface area (Å²) in [5.41, 5.74) is 0. The summed E-state index contributed by atoms with van der Waals surface area (Å²) in [5, 5.41) is 13.2. The Morgan fingerprint density at radius 2 is 2.06 bits per heavy atom. The van der Waals surface area contributed by atoms with Gasteiger partial charge in [0.05, 0.1) is 6.61 Å². The summed E-state index contributed by atoms with van der Waals surface area (Å²) >= 11 is 5.62. The van der Waals surface area contributed by atoms with Crippen LogP contribution in [0.4, 0.5) is 4.79 Å².